The fourth-order valence-electron chi connectivity index (χ4n) is 2.30. The van der Waals surface area contributed by atoms with E-state index in [0.717, 1.165) is 5.76 Å². The van der Waals surface area contributed by atoms with Crippen LogP contribution in [0.15, 0.2) is 53.1 Å². The molecule has 1 heterocycles. The molecule has 124 valence electrons. The van der Waals surface area contributed by atoms with E-state index < -0.39 is 0 Å². The Morgan fingerprint density at radius 1 is 1.09 bits per heavy atom. The van der Waals surface area contributed by atoms with E-state index in [1.54, 1.807) is 6.26 Å². The lowest BCUT2D eigenvalue weighted by Crippen LogP contribution is -2.42. The number of rotatable bonds is 8. The smallest absolute Gasteiger partial charge is 0.234 e. The average Bonchev–Trinajstić information content (AvgIpc) is 3.00. The third kappa shape index (κ3) is 5.91. The zero-order valence-corrected chi connectivity index (χ0v) is 14.2. The first-order valence-corrected chi connectivity index (χ1v) is 8.12. The molecule has 0 fully saturated rings. The van der Waals surface area contributed by atoms with Crippen LogP contribution in [0.25, 0.3) is 0 Å². The maximum Gasteiger partial charge on any atom is 0.234 e. The summed E-state index contributed by atoms with van der Waals surface area (Å²) in [7, 11) is 0. The van der Waals surface area contributed by atoms with Gasteiger partial charge in [-0.15, -0.1) is 0 Å². The molecule has 1 unspecified atom stereocenters. The molecule has 1 N–H and O–H groups in total. The second kappa shape index (κ2) is 8.53. The van der Waals surface area contributed by atoms with Gasteiger partial charge in [-0.05, 0) is 30.5 Å². The summed E-state index contributed by atoms with van der Waals surface area (Å²) < 4.78 is 5.43. The Balaban J connectivity index is 1.99. The van der Waals surface area contributed by atoms with Gasteiger partial charge in [-0.2, -0.15) is 0 Å². The summed E-state index contributed by atoms with van der Waals surface area (Å²) >= 11 is 0. The average molecular weight is 314 g/mol. The highest BCUT2D eigenvalue weighted by Gasteiger charge is 2.16. The van der Waals surface area contributed by atoms with E-state index in [2.05, 4.69) is 36.2 Å². The molecule has 1 aromatic heterocycles. The van der Waals surface area contributed by atoms with Gasteiger partial charge in [0.05, 0.1) is 19.4 Å². The molecule has 4 heteroatoms. The van der Waals surface area contributed by atoms with Crippen molar-refractivity contribution in [1.82, 2.24) is 10.2 Å². The molecule has 0 aliphatic rings. The van der Waals surface area contributed by atoms with Crippen LogP contribution in [-0.4, -0.2) is 23.4 Å². The van der Waals surface area contributed by atoms with E-state index in [1.165, 1.54) is 5.56 Å². The van der Waals surface area contributed by atoms with Crippen LogP contribution in [0.3, 0.4) is 0 Å². The molecule has 1 aromatic carbocycles. The molecule has 0 aliphatic carbocycles. The lowest BCUT2D eigenvalue weighted by atomic mass is 10.1. The Hall–Kier alpha value is -2.07. The number of hydrogen-bond donors (Lipinski definition) is 1. The van der Waals surface area contributed by atoms with Crippen molar-refractivity contribution in [3.05, 3.63) is 60.1 Å². The van der Waals surface area contributed by atoms with Crippen molar-refractivity contribution < 1.29 is 9.21 Å². The lowest BCUT2D eigenvalue weighted by Gasteiger charge is -2.23. The van der Waals surface area contributed by atoms with Crippen LogP contribution >= 0.6 is 0 Å². The maximum absolute atomic E-state index is 12.3. The van der Waals surface area contributed by atoms with Gasteiger partial charge in [0.25, 0.3) is 0 Å². The highest BCUT2D eigenvalue weighted by Crippen LogP contribution is 2.10. The molecular formula is C19H26N2O2. The van der Waals surface area contributed by atoms with Gasteiger partial charge in [0.1, 0.15) is 5.76 Å². The molecule has 2 rings (SSSR count). The third-order valence-corrected chi connectivity index (χ3v) is 3.96. The normalized spacial score (nSPS) is 12.6. The minimum absolute atomic E-state index is 0.0497. The topological polar surface area (TPSA) is 45.5 Å². The quantitative estimate of drug-likeness (QED) is 0.812. The molecule has 4 nitrogen and oxygen atoms in total. The van der Waals surface area contributed by atoms with Crippen molar-refractivity contribution in [2.75, 3.05) is 6.54 Å². The summed E-state index contributed by atoms with van der Waals surface area (Å²) in [4.78, 5) is 14.4. The third-order valence-electron chi connectivity index (χ3n) is 3.96. The van der Waals surface area contributed by atoms with Crippen LogP contribution in [0.5, 0.6) is 0 Å². The van der Waals surface area contributed by atoms with E-state index in [9.17, 15) is 4.79 Å². The predicted octanol–water partition coefficient (Wildman–Crippen LogP) is 3.44. The number of furan rings is 1. The Morgan fingerprint density at radius 3 is 2.43 bits per heavy atom. The minimum atomic E-state index is 0.0497. The first-order valence-electron chi connectivity index (χ1n) is 8.12. The number of carbonyl (C=O) groups is 1. The van der Waals surface area contributed by atoms with Gasteiger partial charge in [-0.1, -0.05) is 44.2 Å². The second-order valence-corrected chi connectivity index (χ2v) is 6.31. The number of hydrogen-bond acceptors (Lipinski definition) is 3. The molecule has 0 bridgehead atoms. The van der Waals surface area contributed by atoms with Crippen molar-refractivity contribution in [2.45, 2.75) is 39.9 Å². The van der Waals surface area contributed by atoms with Crippen LogP contribution in [0, 0.1) is 5.92 Å². The second-order valence-electron chi connectivity index (χ2n) is 6.31. The first-order chi connectivity index (χ1) is 11.0. The first kappa shape index (κ1) is 17.3. The summed E-state index contributed by atoms with van der Waals surface area (Å²) in [5.74, 6) is 1.34. The highest BCUT2D eigenvalue weighted by atomic mass is 16.3. The van der Waals surface area contributed by atoms with Gasteiger partial charge < -0.3 is 9.73 Å². The van der Waals surface area contributed by atoms with Gasteiger partial charge in [0, 0.05) is 12.6 Å². The number of amides is 1. The standard InChI is InChI=1S/C19H26N2O2/c1-15(2)16(3)20-19(22)14-21(13-18-10-7-11-23-18)12-17-8-5-4-6-9-17/h4-11,15-16H,12-14H2,1-3H3,(H,20,22). The van der Waals surface area contributed by atoms with E-state index >= 15 is 0 Å². The van der Waals surface area contributed by atoms with Crippen molar-refractivity contribution in [2.24, 2.45) is 5.92 Å². The van der Waals surface area contributed by atoms with E-state index in [1.807, 2.05) is 37.3 Å². The van der Waals surface area contributed by atoms with Crippen molar-refractivity contribution in [1.29, 1.82) is 0 Å². The molecular weight excluding hydrogens is 288 g/mol. The van der Waals surface area contributed by atoms with E-state index in [-0.39, 0.29) is 11.9 Å². The maximum atomic E-state index is 12.3. The molecule has 0 spiro atoms. The van der Waals surface area contributed by atoms with E-state index in [0.29, 0.717) is 25.6 Å². The van der Waals surface area contributed by atoms with Crippen LogP contribution in [0.1, 0.15) is 32.1 Å². The summed E-state index contributed by atoms with van der Waals surface area (Å²) in [6.07, 6.45) is 1.66. The highest BCUT2D eigenvalue weighted by molar-refractivity contribution is 5.78. The fourth-order valence-corrected chi connectivity index (χ4v) is 2.30. The Bertz CT molecular complexity index is 579. The van der Waals surface area contributed by atoms with Crippen LogP contribution in [-0.2, 0) is 17.9 Å². The predicted molar refractivity (Wildman–Crippen MR) is 91.7 cm³/mol. The number of nitrogens with one attached hydrogen (secondary N) is 1. The molecule has 23 heavy (non-hydrogen) atoms. The van der Waals surface area contributed by atoms with Crippen LogP contribution < -0.4 is 5.32 Å². The summed E-state index contributed by atoms with van der Waals surface area (Å²) in [5.41, 5.74) is 1.18. The van der Waals surface area contributed by atoms with E-state index in [4.69, 9.17) is 4.42 Å². The van der Waals surface area contributed by atoms with Crippen LogP contribution in [0.4, 0.5) is 0 Å². The fraction of sp³-hybridized carbons (Fsp3) is 0.421. The van der Waals surface area contributed by atoms with Gasteiger partial charge in [-0.3, -0.25) is 9.69 Å². The van der Waals surface area contributed by atoms with Crippen molar-refractivity contribution in [3.8, 4) is 0 Å². The van der Waals surface area contributed by atoms with Crippen LogP contribution in [0.2, 0.25) is 0 Å². The monoisotopic (exact) mass is 314 g/mol. The molecule has 2 aromatic rings. The lowest BCUT2D eigenvalue weighted by molar-refractivity contribution is -0.123. The van der Waals surface area contributed by atoms with Gasteiger partial charge >= 0.3 is 0 Å². The number of benzene rings is 1. The molecule has 1 amide bonds. The molecule has 0 radical (unpaired) electrons. The summed E-state index contributed by atoms with van der Waals surface area (Å²) in [6, 6.07) is 14.2. The molecule has 0 saturated heterocycles. The Morgan fingerprint density at radius 2 is 1.83 bits per heavy atom. The van der Waals surface area contributed by atoms with Gasteiger partial charge in [-0.25, -0.2) is 0 Å². The number of nitrogens with zero attached hydrogens (tertiary/aromatic N) is 1. The summed E-state index contributed by atoms with van der Waals surface area (Å²) in [5, 5.41) is 3.06. The SMILES string of the molecule is CC(C)C(C)NC(=O)CN(Cc1ccccc1)Cc1ccco1. The Kier molecular flexibility index (Phi) is 6.41. The number of carbonyl (C=O) groups excluding carboxylic acids is 1. The molecule has 0 saturated carbocycles. The zero-order chi connectivity index (χ0) is 16.7. The molecule has 0 aliphatic heterocycles. The van der Waals surface area contributed by atoms with Gasteiger partial charge in [0.2, 0.25) is 5.91 Å². The van der Waals surface area contributed by atoms with Crippen molar-refractivity contribution in [3.63, 3.8) is 0 Å². The van der Waals surface area contributed by atoms with Gasteiger partial charge in [0.15, 0.2) is 0 Å². The largest absolute Gasteiger partial charge is 0.468 e. The summed E-state index contributed by atoms with van der Waals surface area (Å²) in [6.45, 7) is 7.94. The zero-order valence-electron chi connectivity index (χ0n) is 14.2. The molecule has 1 atom stereocenters. The minimum Gasteiger partial charge on any atom is -0.468 e. The van der Waals surface area contributed by atoms with Crippen molar-refractivity contribution >= 4 is 5.91 Å². The Labute approximate surface area is 138 Å².